The molecule has 306 valence electrons. The zero-order chi connectivity index (χ0) is 43.1. The molecule has 0 aliphatic rings. The second-order valence-electron chi connectivity index (χ2n) is 21.4. The first-order chi connectivity index (χ1) is 28.1. The average molecular weight is 853 g/mol. The fourth-order valence-electron chi connectivity index (χ4n) is 8.97. The van der Waals surface area contributed by atoms with Gasteiger partial charge < -0.3 is 9.80 Å². The van der Waals surface area contributed by atoms with Gasteiger partial charge >= 0.3 is 0 Å². The maximum Gasteiger partial charge on any atom is 0.0775 e. The zero-order valence-corrected chi connectivity index (χ0v) is 42.6. The molecule has 0 bridgehead atoms. The number of hydrogen-bond donors (Lipinski definition) is 0. The molecule has 0 saturated carbocycles. The summed E-state index contributed by atoms with van der Waals surface area (Å²) >= 11 is 0. The van der Waals surface area contributed by atoms with Gasteiger partial charge in [0.25, 0.3) is 0 Å². The van der Waals surface area contributed by atoms with Gasteiger partial charge in [-0.1, -0.05) is 172 Å². The van der Waals surface area contributed by atoms with E-state index in [0.717, 1.165) is 0 Å². The van der Waals surface area contributed by atoms with Crippen molar-refractivity contribution < 1.29 is 0 Å². The fraction of sp³-hybridized carbons (Fsp3) is 0.259. The van der Waals surface area contributed by atoms with Gasteiger partial charge in [-0.2, -0.15) is 0 Å². The lowest BCUT2D eigenvalue weighted by Gasteiger charge is -2.31. The van der Waals surface area contributed by atoms with Crippen LogP contribution >= 0.6 is 0 Å². The highest BCUT2D eigenvalue weighted by Gasteiger charge is 2.26. The first-order valence-corrected chi connectivity index (χ1v) is 35.9. The maximum absolute atomic E-state index is 2.52. The molecule has 0 aromatic heterocycles. The summed E-state index contributed by atoms with van der Waals surface area (Å²) < 4.78 is 0. The van der Waals surface area contributed by atoms with E-state index in [1.165, 1.54) is 98.3 Å². The normalized spacial score (nSPS) is 12.8. The van der Waals surface area contributed by atoms with Crippen molar-refractivity contribution in [3.8, 4) is 0 Å². The van der Waals surface area contributed by atoms with Crippen molar-refractivity contribution in [2.24, 2.45) is 0 Å². The van der Waals surface area contributed by atoms with Gasteiger partial charge in [-0.05, 0) is 107 Å². The summed E-state index contributed by atoms with van der Waals surface area (Å²) in [4.78, 5) is 5.03. The quantitative estimate of drug-likeness (QED) is 0.0999. The molecule has 0 heterocycles. The molecule has 0 aliphatic heterocycles. The molecule has 0 aliphatic carbocycles. The summed E-state index contributed by atoms with van der Waals surface area (Å²) in [7, 11) is -5.93. The predicted molar refractivity (Wildman–Crippen MR) is 281 cm³/mol. The van der Waals surface area contributed by atoms with Gasteiger partial charge in [0.2, 0.25) is 0 Å². The largest absolute Gasteiger partial charge is 0.310 e. The molecule has 6 heteroatoms. The molecule has 0 N–H and O–H groups in total. The molecule has 2 nitrogen and oxygen atoms in total. The summed E-state index contributed by atoms with van der Waals surface area (Å²) in [6, 6.07) is 52.3. The van der Waals surface area contributed by atoms with Crippen LogP contribution in [0.5, 0.6) is 0 Å². The minimum Gasteiger partial charge on any atom is -0.310 e. The van der Waals surface area contributed by atoms with Crippen LogP contribution in [-0.2, 0) is 0 Å². The number of hydrogen-bond acceptors (Lipinski definition) is 2. The Morgan fingerprint density at radius 3 is 0.717 bits per heavy atom. The van der Waals surface area contributed by atoms with Gasteiger partial charge in [-0.3, -0.25) is 0 Å². The van der Waals surface area contributed by atoms with E-state index in [2.05, 4.69) is 236 Å². The Morgan fingerprint density at radius 2 is 0.500 bits per heavy atom. The molecule has 8 rings (SSSR count). The molecule has 0 fully saturated rings. The van der Waals surface area contributed by atoms with Crippen LogP contribution in [0.15, 0.2) is 133 Å². The topological polar surface area (TPSA) is 6.48 Å². The predicted octanol–water partition coefficient (Wildman–Crippen LogP) is 14.3. The van der Waals surface area contributed by atoms with E-state index in [1.54, 1.807) is 0 Å². The first kappa shape index (κ1) is 42.0. The maximum atomic E-state index is 2.52. The lowest BCUT2D eigenvalue weighted by atomic mass is 9.88. The van der Waals surface area contributed by atoms with Crippen LogP contribution in [0.4, 0.5) is 34.1 Å². The molecular weight excluding hydrogens is 789 g/mol. The highest BCUT2D eigenvalue weighted by Crippen LogP contribution is 2.49. The van der Waals surface area contributed by atoms with Crippen molar-refractivity contribution in [3.63, 3.8) is 0 Å². The Hall–Kier alpha value is -4.73. The Kier molecular flexibility index (Phi) is 10.5. The van der Waals surface area contributed by atoms with Crippen LogP contribution < -0.4 is 30.5 Å². The third-order valence-corrected chi connectivity index (χ3v) is 21.0. The molecule has 8 aromatic rings. The van der Waals surface area contributed by atoms with Gasteiger partial charge in [-0.15, -0.1) is 0 Å². The Labute approximate surface area is 364 Å². The second-order valence-corrected chi connectivity index (χ2v) is 41.7. The SMILES string of the molecule is Cc1cc(N(c2ccc([Si](C)(C)C)cc2)c2ccc([Si](C)(C)C)cc2)c2ccc3c(C)cc(N(c4ccc([Si](C)(C)C)cc4)c4ccc([Si](C)(C)C)cc4)c4ccc1c2c34. The molecular formula is C54H64N2Si4. The average Bonchev–Trinajstić information content (AvgIpc) is 3.18. The molecule has 0 atom stereocenters. The standard InChI is InChI=1S/C54H64N2Si4/c1-37-35-51(55(39-15-23-43(24-16-39)57(3,4)5)40-17-25-44(26-18-40)58(6,7)8)49-34-32-48-38(2)36-52(50-33-31-47(37)53(49)54(48)50)56(41-19-27-45(28-20-41)59(9,10)11)42-21-29-46(30-22-42)60(12,13)14/h15-36H,1-14H3. The molecule has 0 amide bonds. The molecule has 0 radical (unpaired) electrons. The molecule has 0 spiro atoms. The van der Waals surface area contributed by atoms with Crippen molar-refractivity contribution in [2.45, 2.75) is 92.4 Å². The summed E-state index contributed by atoms with van der Waals surface area (Å²) in [6.07, 6.45) is 0. The summed E-state index contributed by atoms with van der Waals surface area (Å²) in [5.74, 6) is 0. The van der Waals surface area contributed by atoms with E-state index in [-0.39, 0.29) is 0 Å². The molecule has 0 saturated heterocycles. The lowest BCUT2D eigenvalue weighted by Crippen LogP contribution is -2.37. The molecule has 0 unspecified atom stereocenters. The van der Waals surface area contributed by atoms with Crippen molar-refractivity contribution >= 4 is 119 Å². The number of nitrogens with zero attached hydrogens (tertiary/aromatic N) is 2. The smallest absolute Gasteiger partial charge is 0.0775 e. The summed E-state index contributed by atoms with van der Waals surface area (Å²) in [5.41, 5.74) is 9.80. The van der Waals surface area contributed by atoms with E-state index in [9.17, 15) is 0 Å². The van der Waals surface area contributed by atoms with Crippen LogP contribution in [0.2, 0.25) is 78.6 Å². The summed E-state index contributed by atoms with van der Waals surface area (Å²) in [6.45, 7) is 33.8. The van der Waals surface area contributed by atoms with Crippen molar-refractivity contribution in [3.05, 3.63) is 145 Å². The minimum absolute atomic E-state index is 1.19. The Bertz CT molecular complexity index is 2520. The minimum atomic E-state index is -1.48. The number of rotatable bonds is 10. The van der Waals surface area contributed by atoms with Crippen molar-refractivity contribution in [1.29, 1.82) is 0 Å². The Morgan fingerprint density at radius 1 is 0.283 bits per heavy atom. The molecule has 8 aromatic carbocycles. The van der Waals surface area contributed by atoms with E-state index < -0.39 is 32.3 Å². The summed E-state index contributed by atoms with van der Waals surface area (Å²) in [5, 5.41) is 13.8. The van der Waals surface area contributed by atoms with Crippen LogP contribution in [-0.4, -0.2) is 32.3 Å². The highest BCUT2D eigenvalue weighted by molar-refractivity contribution is 6.90. The zero-order valence-electron chi connectivity index (χ0n) is 38.6. The lowest BCUT2D eigenvalue weighted by molar-refractivity contribution is 1.29. The number of benzene rings is 8. The van der Waals surface area contributed by atoms with Crippen molar-refractivity contribution in [2.75, 3.05) is 9.80 Å². The number of anilines is 6. The van der Waals surface area contributed by atoms with Gasteiger partial charge in [0, 0.05) is 33.5 Å². The van der Waals surface area contributed by atoms with Crippen molar-refractivity contribution in [1.82, 2.24) is 0 Å². The monoisotopic (exact) mass is 852 g/mol. The second kappa shape index (κ2) is 15.0. The fourth-order valence-corrected chi connectivity index (χ4v) is 13.6. The van der Waals surface area contributed by atoms with Gasteiger partial charge in [0.15, 0.2) is 0 Å². The van der Waals surface area contributed by atoms with Crippen LogP contribution in [0.3, 0.4) is 0 Å². The van der Waals surface area contributed by atoms with E-state index in [1.807, 2.05) is 0 Å². The number of aryl methyl sites for hydroxylation is 2. The third kappa shape index (κ3) is 7.72. The van der Waals surface area contributed by atoms with Crippen LogP contribution in [0.25, 0.3) is 32.3 Å². The third-order valence-electron chi connectivity index (χ3n) is 12.7. The van der Waals surface area contributed by atoms with E-state index in [4.69, 9.17) is 0 Å². The first-order valence-electron chi connectivity index (χ1n) is 21.9. The highest BCUT2D eigenvalue weighted by atomic mass is 28.3. The van der Waals surface area contributed by atoms with Gasteiger partial charge in [0.05, 0.1) is 43.7 Å². The van der Waals surface area contributed by atoms with Crippen LogP contribution in [0.1, 0.15) is 11.1 Å². The molecule has 60 heavy (non-hydrogen) atoms. The van der Waals surface area contributed by atoms with Gasteiger partial charge in [0.1, 0.15) is 0 Å². The van der Waals surface area contributed by atoms with E-state index in [0.29, 0.717) is 0 Å². The van der Waals surface area contributed by atoms with Gasteiger partial charge in [-0.25, -0.2) is 0 Å². The van der Waals surface area contributed by atoms with E-state index >= 15 is 0 Å². The Balaban J connectivity index is 1.40. The van der Waals surface area contributed by atoms with Crippen LogP contribution in [0, 0.1) is 13.8 Å².